The molecule has 1 aliphatic rings. The summed E-state index contributed by atoms with van der Waals surface area (Å²) in [4.78, 5) is 18.6. The molecular weight excluding hydrogens is 356 g/mol. The summed E-state index contributed by atoms with van der Waals surface area (Å²) >= 11 is 0. The summed E-state index contributed by atoms with van der Waals surface area (Å²) < 4.78 is 9.00. The Morgan fingerprint density at radius 3 is 2.54 bits per heavy atom. The summed E-state index contributed by atoms with van der Waals surface area (Å²) in [5.74, 6) is 0. The van der Waals surface area contributed by atoms with Crippen molar-refractivity contribution in [2.75, 3.05) is 13.1 Å². The molecule has 0 unspecified atom stereocenters. The number of aromatic nitrogens is 5. The van der Waals surface area contributed by atoms with E-state index in [-0.39, 0.29) is 6.09 Å². The van der Waals surface area contributed by atoms with Gasteiger partial charge in [0.15, 0.2) is 5.65 Å². The lowest BCUT2D eigenvalue weighted by Crippen LogP contribution is -2.39. The average molecular weight is 380 g/mol. The minimum Gasteiger partial charge on any atom is -0.444 e. The van der Waals surface area contributed by atoms with Crippen LogP contribution in [0.3, 0.4) is 0 Å². The highest BCUT2D eigenvalue weighted by Gasteiger charge is 2.24. The molecule has 1 aliphatic heterocycles. The monoisotopic (exact) mass is 380 g/mol. The van der Waals surface area contributed by atoms with Crippen LogP contribution in [0.15, 0.2) is 37.1 Å². The molecule has 4 heterocycles. The summed E-state index contributed by atoms with van der Waals surface area (Å²) in [6.45, 7) is 6.77. The summed E-state index contributed by atoms with van der Waals surface area (Å²) in [6.07, 6.45) is 11.9. The Bertz CT molecular complexity index is 1060. The Kier molecular flexibility index (Phi) is 4.41. The van der Waals surface area contributed by atoms with Crippen molar-refractivity contribution in [2.24, 2.45) is 7.05 Å². The van der Waals surface area contributed by atoms with Crippen molar-refractivity contribution >= 4 is 17.3 Å². The lowest BCUT2D eigenvalue weighted by molar-refractivity contribution is 0.0270. The van der Waals surface area contributed by atoms with E-state index in [4.69, 9.17) is 4.74 Å². The van der Waals surface area contributed by atoms with Gasteiger partial charge in [-0.05, 0) is 32.8 Å². The highest BCUT2D eigenvalue weighted by Crippen LogP contribution is 2.27. The molecule has 0 saturated heterocycles. The second kappa shape index (κ2) is 6.78. The highest BCUT2D eigenvalue weighted by atomic mass is 16.6. The maximum atomic E-state index is 12.2. The van der Waals surface area contributed by atoms with Gasteiger partial charge < -0.3 is 9.64 Å². The van der Waals surface area contributed by atoms with E-state index >= 15 is 0 Å². The first-order chi connectivity index (χ1) is 13.3. The number of nitrogens with zero attached hydrogens (tertiary/aromatic N) is 6. The molecule has 0 spiro atoms. The predicted molar refractivity (Wildman–Crippen MR) is 106 cm³/mol. The summed E-state index contributed by atoms with van der Waals surface area (Å²) in [6, 6.07) is 0. The fraction of sp³-hybridized carbons (Fsp3) is 0.400. The number of carbonyl (C=O) groups excluding carboxylic acids is 1. The zero-order chi connectivity index (χ0) is 19.9. The molecule has 0 radical (unpaired) electrons. The van der Waals surface area contributed by atoms with E-state index in [1.54, 1.807) is 14.1 Å². The van der Waals surface area contributed by atoms with Crippen molar-refractivity contribution in [1.29, 1.82) is 0 Å². The van der Waals surface area contributed by atoms with E-state index in [9.17, 15) is 4.79 Å². The number of ether oxygens (including phenoxy) is 1. The van der Waals surface area contributed by atoms with E-state index < -0.39 is 5.60 Å². The Morgan fingerprint density at radius 2 is 1.89 bits per heavy atom. The minimum atomic E-state index is -0.487. The van der Waals surface area contributed by atoms with Crippen LogP contribution in [0.25, 0.3) is 22.3 Å². The number of rotatable bonds is 2. The van der Waals surface area contributed by atoms with Crippen molar-refractivity contribution in [1.82, 2.24) is 29.3 Å². The van der Waals surface area contributed by atoms with Gasteiger partial charge in [0.05, 0.1) is 12.4 Å². The summed E-state index contributed by atoms with van der Waals surface area (Å²) in [7, 11) is 1.89. The van der Waals surface area contributed by atoms with Crippen LogP contribution < -0.4 is 0 Å². The second-order valence-electron chi connectivity index (χ2n) is 7.98. The van der Waals surface area contributed by atoms with Crippen molar-refractivity contribution in [3.63, 3.8) is 0 Å². The third kappa shape index (κ3) is 3.62. The van der Waals surface area contributed by atoms with Crippen LogP contribution >= 0.6 is 0 Å². The molecule has 146 valence electrons. The molecule has 0 saturated carbocycles. The van der Waals surface area contributed by atoms with Crippen molar-refractivity contribution in [3.8, 4) is 11.1 Å². The Hall–Kier alpha value is -3.16. The molecule has 0 aromatic carbocycles. The molecule has 4 rings (SSSR count). The quantitative estimate of drug-likeness (QED) is 0.682. The molecule has 3 aromatic heterocycles. The highest BCUT2D eigenvalue weighted by molar-refractivity contribution is 5.78. The molecule has 0 aliphatic carbocycles. The molecule has 1 amide bonds. The van der Waals surface area contributed by atoms with Gasteiger partial charge in [0.2, 0.25) is 0 Å². The molecule has 8 nitrogen and oxygen atoms in total. The maximum absolute atomic E-state index is 12.2. The average Bonchev–Trinajstić information content (AvgIpc) is 3.26. The van der Waals surface area contributed by atoms with E-state index in [1.165, 1.54) is 0 Å². The standard InChI is InChI=1S/C20H24N6O2/c1-20(2,3)28-19(27)25-7-5-14(6-8-25)17-11-23-26-13-15(9-21-18(17)26)16-10-22-24(4)12-16/h5,9-13H,6-8H2,1-4H3. The fourth-order valence-electron chi connectivity index (χ4n) is 3.23. The smallest absolute Gasteiger partial charge is 0.410 e. The first-order valence-corrected chi connectivity index (χ1v) is 9.30. The first kappa shape index (κ1) is 18.2. The molecule has 0 fully saturated rings. The lowest BCUT2D eigenvalue weighted by atomic mass is 10.0. The van der Waals surface area contributed by atoms with Crippen molar-refractivity contribution < 1.29 is 9.53 Å². The van der Waals surface area contributed by atoms with Gasteiger partial charge >= 0.3 is 6.09 Å². The third-order valence-corrected chi connectivity index (χ3v) is 4.60. The molecule has 3 aromatic rings. The van der Waals surface area contributed by atoms with E-state index in [1.807, 2.05) is 58.8 Å². The second-order valence-corrected chi connectivity index (χ2v) is 7.98. The third-order valence-electron chi connectivity index (χ3n) is 4.60. The van der Waals surface area contributed by atoms with Gasteiger partial charge in [-0.25, -0.2) is 14.3 Å². The Balaban J connectivity index is 1.54. The zero-order valence-corrected chi connectivity index (χ0v) is 16.6. The topological polar surface area (TPSA) is 77.5 Å². The van der Waals surface area contributed by atoms with E-state index in [2.05, 4.69) is 21.3 Å². The molecule has 0 atom stereocenters. The molecule has 0 bridgehead atoms. The van der Waals surface area contributed by atoms with Gasteiger partial charge in [-0.3, -0.25) is 4.68 Å². The summed E-state index contributed by atoms with van der Waals surface area (Å²) in [5, 5.41) is 8.67. The minimum absolute atomic E-state index is 0.276. The van der Waals surface area contributed by atoms with Gasteiger partial charge in [-0.2, -0.15) is 10.2 Å². The fourth-order valence-corrected chi connectivity index (χ4v) is 3.23. The van der Waals surface area contributed by atoms with E-state index in [0.29, 0.717) is 13.1 Å². The maximum Gasteiger partial charge on any atom is 0.410 e. The number of hydrogen-bond donors (Lipinski definition) is 0. The molecule has 28 heavy (non-hydrogen) atoms. The van der Waals surface area contributed by atoms with Crippen LogP contribution in [-0.2, 0) is 11.8 Å². The van der Waals surface area contributed by atoms with Crippen LogP contribution in [0.4, 0.5) is 4.79 Å². The van der Waals surface area contributed by atoms with Crippen LogP contribution in [0.1, 0.15) is 32.8 Å². The number of fused-ring (bicyclic) bond motifs is 1. The Labute approximate surface area is 163 Å². The van der Waals surface area contributed by atoms with Crippen LogP contribution in [-0.4, -0.2) is 54.1 Å². The van der Waals surface area contributed by atoms with Crippen LogP contribution in [0, 0.1) is 0 Å². The van der Waals surface area contributed by atoms with Crippen LogP contribution in [0.2, 0.25) is 0 Å². The molecule has 8 heteroatoms. The normalized spacial score (nSPS) is 15.0. The van der Waals surface area contributed by atoms with Gasteiger partial charge in [0, 0.05) is 55.4 Å². The van der Waals surface area contributed by atoms with Crippen LogP contribution in [0.5, 0.6) is 0 Å². The van der Waals surface area contributed by atoms with Crippen molar-refractivity contribution in [2.45, 2.75) is 32.8 Å². The summed E-state index contributed by atoms with van der Waals surface area (Å²) in [5.41, 5.74) is 4.44. The number of hydrogen-bond acceptors (Lipinski definition) is 5. The number of carbonyl (C=O) groups is 1. The largest absolute Gasteiger partial charge is 0.444 e. The SMILES string of the molecule is Cn1cc(-c2cnc3c(C4=CCN(C(=O)OC(C)(C)C)CC4)cnn3c2)cn1. The Morgan fingerprint density at radius 1 is 1.11 bits per heavy atom. The first-order valence-electron chi connectivity index (χ1n) is 9.30. The predicted octanol–water partition coefficient (Wildman–Crippen LogP) is 3.15. The zero-order valence-electron chi connectivity index (χ0n) is 16.6. The van der Waals surface area contributed by atoms with Gasteiger partial charge in [-0.15, -0.1) is 0 Å². The van der Waals surface area contributed by atoms with Gasteiger partial charge in [0.25, 0.3) is 0 Å². The van der Waals surface area contributed by atoms with Crippen molar-refractivity contribution in [3.05, 3.63) is 42.6 Å². The molecule has 0 N–H and O–H groups in total. The lowest BCUT2D eigenvalue weighted by Gasteiger charge is -2.29. The molecular formula is C20H24N6O2. The van der Waals surface area contributed by atoms with Gasteiger partial charge in [0.1, 0.15) is 5.60 Å². The van der Waals surface area contributed by atoms with Gasteiger partial charge in [-0.1, -0.05) is 6.08 Å². The number of aryl methyl sites for hydroxylation is 1. The number of amides is 1. The van der Waals surface area contributed by atoms with E-state index in [0.717, 1.165) is 34.3 Å².